The molecule has 5 rings (SSSR count). The number of aromatic nitrogens is 5. The largest absolute Gasteiger partial charge is 0.332 e. The molecule has 31 heavy (non-hydrogen) atoms. The number of hydrogen-bond donors (Lipinski definition) is 0. The van der Waals surface area contributed by atoms with Gasteiger partial charge in [-0.15, -0.1) is 0 Å². The molecular weight excluding hydrogens is 390 g/mol. The SMILES string of the molecule is Cc1c(C)n2c3c(=O)n(C/C=C\c4ccccc4)c(=O)n(C)c3nc2n1C1CCCC1. The summed E-state index contributed by atoms with van der Waals surface area (Å²) in [6, 6.07) is 10.2. The fourth-order valence-electron chi connectivity index (χ4n) is 4.89. The van der Waals surface area contributed by atoms with Crippen molar-refractivity contribution in [2.75, 3.05) is 0 Å². The van der Waals surface area contributed by atoms with Crippen LogP contribution in [0.3, 0.4) is 0 Å². The van der Waals surface area contributed by atoms with E-state index >= 15 is 0 Å². The highest BCUT2D eigenvalue weighted by Crippen LogP contribution is 2.34. The van der Waals surface area contributed by atoms with Gasteiger partial charge in [0, 0.05) is 31.0 Å². The summed E-state index contributed by atoms with van der Waals surface area (Å²) in [5.74, 6) is 0.765. The third kappa shape index (κ3) is 2.99. The Morgan fingerprint density at radius 3 is 2.48 bits per heavy atom. The van der Waals surface area contributed by atoms with Crippen LogP contribution in [0, 0.1) is 13.8 Å². The molecule has 1 aromatic carbocycles. The lowest BCUT2D eigenvalue weighted by atomic mass is 10.2. The maximum Gasteiger partial charge on any atom is 0.332 e. The highest BCUT2D eigenvalue weighted by atomic mass is 16.2. The molecule has 1 aliphatic rings. The first-order valence-corrected chi connectivity index (χ1v) is 10.9. The van der Waals surface area contributed by atoms with Gasteiger partial charge in [-0.1, -0.05) is 55.3 Å². The van der Waals surface area contributed by atoms with E-state index in [0.29, 0.717) is 17.2 Å². The normalized spacial score (nSPS) is 15.2. The van der Waals surface area contributed by atoms with Gasteiger partial charge in [-0.2, -0.15) is 4.98 Å². The van der Waals surface area contributed by atoms with Crippen molar-refractivity contribution < 1.29 is 0 Å². The van der Waals surface area contributed by atoms with Crippen LogP contribution >= 0.6 is 0 Å². The predicted molar refractivity (Wildman–Crippen MR) is 123 cm³/mol. The molecule has 4 aromatic rings. The van der Waals surface area contributed by atoms with E-state index in [4.69, 9.17) is 4.98 Å². The number of imidazole rings is 2. The van der Waals surface area contributed by atoms with Crippen molar-refractivity contribution in [1.29, 1.82) is 0 Å². The van der Waals surface area contributed by atoms with Gasteiger partial charge >= 0.3 is 5.69 Å². The molecule has 160 valence electrons. The number of fused-ring (bicyclic) bond motifs is 3. The molecule has 3 aromatic heterocycles. The zero-order valence-corrected chi connectivity index (χ0v) is 18.2. The minimum Gasteiger partial charge on any atom is -0.311 e. The maximum absolute atomic E-state index is 13.5. The Morgan fingerprint density at radius 1 is 1.06 bits per heavy atom. The van der Waals surface area contributed by atoms with Gasteiger partial charge in [-0.05, 0) is 32.3 Å². The van der Waals surface area contributed by atoms with Crippen LogP contribution in [0.1, 0.15) is 48.7 Å². The summed E-state index contributed by atoms with van der Waals surface area (Å²) >= 11 is 0. The second-order valence-electron chi connectivity index (χ2n) is 8.47. The van der Waals surface area contributed by atoms with E-state index in [1.54, 1.807) is 7.05 Å². The topological polar surface area (TPSA) is 66.2 Å². The van der Waals surface area contributed by atoms with Crippen LogP contribution in [0.4, 0.5) is 0 Å². The number of rotatable bonds is 4. The molecule has 1 saturated carbocycles. The van der Waals surface area contributed by atoms with Gasteiger partial charge in [0.1, 0.15) is 0 Å². The first kappa shape index (κ1) is 19.6. The number of nitrogens with zero attached hydrogens (tertiary/aromatic N) is 5. The number of allylic oxidation sites excluding steroid dienone is 1. The molecule has 0 bridgehead atoms. The van der Waals surface area contributed by atoms with E-state index in [9.17, 15) is 9.59 Å². The van der Waals surface area contributed by atoms with Crippen LogP contribution in [0.15, 0.2) is 46.0 Å². The summed E-state index contributed by atoms with van der Waals surface area (Å²) in [5.41, 5.74) is 3.45. The van der Waals surface area contributed by atoms with Crippen LogP contribution in [0.2, 0.25) is 0 Å². The lowest BCUT2D eigenvalue weighted by Crippen LogP contribution is -2.39. The van der Waals surface area contributed by atoms with Crippen LogP contribution < -0.4 is 11.2 Å². The number of hydrogen-bond acceptors (Lipinski definition) is 3. The van der Waals surface area contributed by atoms with E-state index in [-0.39, 0.29) is 17.8 Å². The Labute approximate surface area is 179 Å². The smallest absolute Gasteiger partial charge is 0.311 e. The summed E-state index contributed by atoms with van der Waals surface area (Å²) in [4.78, 5) is 31.2. The van der Waals surface area contributed by atoms with Crippen molar-refractivity contribution in [1.82, 2.24) is 23.1 Å². The third-order valence-corrected chi connectivity index (χ3v) is 6.65. The average molecular weight is 418 g/mol. The molecule has 0 atom stereocenters. The van der Waals surface area contributed by atoms with E-state index in [1.807, 2.05) is 53.8 Å². The number of aryl methyl sites for hydroxylation is 2. The van der Waals surface area contributed by atoms with Crippen molar-refractivity contribution in [3.8, 4) is 0 Å². The molecule has 7 heteroatoms. The van der Waals surface area contributed by atoms with E-state index in [1.165, 1.54) is 22.0 Å². The molecule has 7 nitrogen and oxygen atoms in total. The van der Waals surface area contributed by atoms with Crippen LogP contribution in [-0.2, 0) is 13.6 Å². The fraction of sp³-hybridized carbons (Fsp3) is 0.375. The molecule has 0 amide bonds. The summed E-state index contributed by atoms with van der Waals surface area (Å²) in [5, 5.41) is 0. The lowest BCUT2D eigenvalue weighted by Gasteiger charge is -2.13. The molecule has 0 spiro atoms. The summed E-state index contributed by atoms with van der Waals surface area (Å²) in [6.07, 6.45) is 8.46. The average Bonchev–Trinajstić information content (AvgIpc) is 3.48. The monoisotopic (exact) mass is 417 g/mol. The van der Waals surface area contributed by atoms with Crippen LogP contribution in [0.5, 0.6) is 0 Å². The Kier molecular flexibility index (Phi) is 4.68. The zero-order chi connectivity index (χ0) is 21.7. The molecule has 0 N–H and O–H groups in total. The van der Waals surface area contributed by atoms with Crippen molar-refractivity contribution in [2.45, 2.75) is 52.1 Å². The molecular formula is C24H27N5O2. The maximum atomic E-state index is 13.5. The quantitative estimate of drug-likeness (QED) is 0.510. The van der Waals surface area contributed by atoms with Crippen molar-refractivity contribution >= 4 is 23.0 Å². The molecule has 1 fully saturated rings. The second-order valence-corrected chi connectivity index (χ2v) is 8.47. The Morgan fingerprint density at radius 2 is 1.77 bits per heavy atom. The van der Waals surface area contributed by atoms with Gasteiger partial charge in [-0.3, -0.25) is 18.3 Å². The predicted octanol–water partition coefficient (Wildman–Crippen LogP) is 3.59. The fourth-order valence-corrected chi connectivity index (χ4v) is 4.89. The molecule has 0 saturated heterocycles. The van der Waals surface area contributed by atoms with Crippen molar-refractivity contribution in [3.05, 3.63) is 74.2 Å². The van der Waals surface area contributed by atoms with Gasteiger partial charge in [0.25, 0.3) is 5.56 Å². The summed E-state index contributed by atoms with van der Waals surface area (Å²) in [7, 11) is 1.69. The highest BCUT2D eigenvalue weighted by molar-refractivity contribution is 5.76. The lowest BCUT2D eigenvalue weighted by molar-refractivity contribution is 0.520. The standard InChI is InChI=1S/C24H27N5O2/c1-16-17(2)29-20-21(25-23(29)28(16)19-13-7-8-14-19)26(3)24(31)27(22(20)30)15-9-12-18-10-5-4-6-11-18/h4-6,9-12,19H,7-8,13-15H2,1-3H3/b12-9-. The van der Waals surface area contributed by atoms with Gasteiger partial charge in [0.15, 0.2) is 11.2 Å². The highest BCUT2D eigenvalue weighted by Gasteiger charge is 2.27. The van der Waals surface area contributed by atoms with Gasteiger partial charge in [0.05, 0.1) is 0 Å². The second kappa shape index (κ2) is 7.41. The first-order chi connectivity index (χ1) is 15.0. The summed E-state index contributed by atoms with van der Waals surface area (Å²) < 4.78 is 7.00. The van der Waals surface area contributed by atoms with Gasteiger partial charge in [0.2, 0.25) is 5.78 Å². The van der Waals surface area contributed by atoms with Crippen molar-refractivity contribution in [2.24, 2.45) is 7.05 Å². The Balaban J connectivity index is 1.69. The first-order valence-electron chi connectivity index (χ1n) is 10.9. The number of benzene rings is 1. The van der Waals surface area contributed by atoms with Crippen LogP contribution in [0.25, 0.3) is 23.0 Å². The minimum atomic E-state index is -0.349. The van der Waals surface area contributed by atoms with Crippen molar-refractivity contribution in [3.63, 3.8) is 0 Å². The van der Waals surface area contributed by atoms with E-state index in [2.05, 4.69) is 11.5 Å². The summed E-state index contributed by atoms with van der Waals surface area (Å²) in [6.45, 7) is 4.33. The third-order valence-electron chi connectivity index (χ3n) is 6.65. The van der Waals surface area contributed by atoms with Gasteiger partial charge < -0.3 is 4.57 Å². The van der Waals surface area contributed by atoms with E-state index < -0.39 is 0 Å². The molecule has 0 radical (unpaired) electrons. The Hall–Kier alpha value is -3.35. The molecule has 0 aliphatic heterocycles. The van der Waals surface area contributed by atoms with Gasteiger partial charge in [-0.25, -0.2) is 4.79 Å². The molecule has 0 unspecified atom stereocenters. The Bertz CT molecular complexity index is 1430. The van der Waals surface area contributed by atoms with Crippen LogP contribution in [-0.4, -0.2) is 23.1 Å². The zero-order valence-electron chi connectivity index (χ0n) is 18.2. The molecule has 3 heterocycles. The minimum absolute atomic E-state index is 0.213. The van der Waals surface area contributed by atoms with E-state index in [0.717, 1.165) is 35.6 Å². The molecule has 1 aliphatic carbocycles.